The molecule has 1 saturated heterocycles. The molecule has 1 aromatic carbocycles. The first kappa shape index (κ1) is 13.9. The Bertz CT molecular complexity index is 479. The fraction of sp³-hybridized carbons (Fsp3) is 0.533. The SMILES string of the molecule is CC1(C)CNCC(CO)N(c2ccccc2C#N)C1. The highest BCUT2D eigenvalue weighted by Crippen LogP contribution is 2.28. The van der Waals surface area contributed by atoms with Gasteiger partial charge in [-0.25, -0.2) is 0 Å². The van der Waals surface area contributed by atoms with Crippen molar-refractivity contribution in [2.24, 2.45) is 5.41 Å². The van der Waals surface area contributed by atoms with Crippen LogP contribution in [-0.2, 0) is 0 Å². The summed E-state index contributed by atoms with van der Waals surface area (Å²) in [7, 11) is 0. The molecule has 0 aromatic heterocycles. The lowest BCUT2D eigenvalue weighted by molar-refractivity contribution is 0.258. The number of aliphatic hydroxyl groups excluding tert-OH is 1. The predicted octanol–water partition coefficient (Wildman–Crippen LogP) is 1.35. The zero-order chi connectivity index (χ0) is 13.9. The first-order valence-corrected chi connectivity index (χ1v) is 6.65. The smallest absolute Gasteiger partial charge is 0.101 e. The zero-order valence-corrected chi connectivity index (χ0v) is 11.6. The minimum Gasteiger partial charge on any atom is -0.394 e. The van der Waals surface area contributed by atoms with E-state index in [2.05, 4.69) is 30.1 Å². The van der Waals surface area contributed by atoms with E-state index in [1.807, 2.05) is 24.3 Å². The molecule has 0 amide bonds. The van der Waals surface area contributed by atoms with Crippen LogP contribution in [0.3, 0.4) is 0 Å². The summed E-state index contributed by atoms with van der Waals surface area (Å²) in [5.41, 5.74) is 1.69. The molecule has 102 valence electrons. The summed E-state index contributed by atoms with van der Waals surface area (Å²) in [6.45, 7) is 6.95. The number of benzene rings is 1. The molecule has 1 fully saturated rings. The standard InChI is InChI=1S/C15H21N3O/c1-15(2)10-17-8-13(9-19)18(11-15)14-6-4-3-5-12(14)7-16/h3-6,13,17,19H,8-11H2,1-2H3. The number of para-hydroxylation sites is 1. The largest absolute Gasteiger partial charge is 0.394 e. The average molecular weight is 259 g/mol. The molecule has 4 nitrogen and oxygen atoms in total. The maximum absolute atomic E-state index is 9.62. The summed E-state index contributed by atoms with van der Waals surface area (Å²) in [5, 5.41) is 22.3. The predicted molar refractivity (Wildman–Crippen MR) is 76.0 cm³/mol. The van der Waals surface area contributed by atoms with Gasteiger partial charge in [-0.15, -0.1) is 0 Å². The Labute approximate surface area is 114 Å². The maximum atomic E-state index is 9.62. The van der Waals surface area contributed by atoms with Crippen molar-refractivity contribution in [2.75, 3.05) is 31.1 Å². The third kappa shape index (κ3) is 3.06. The van der Waals surface area contributed by atoms with Crippen LogP contribution in [0, 0.1) is 16.7 Å². The van der Waals surface area contributed by atoms with E-state index in [1.54, 1.807) is 0 Å². The Kier molecular flexibility index (Phi) is 4.08. The van der Waals surface area contributed by atoms with Crippen LogP contribution < -0.4 is 10.2 Å². The molecule has 0 spiro atoms. The van der Waals surface area contributed by atoms with E-state index in [-0.39, 0.29) is 18.1 Å². The van der Waals surface area contributed by atoms with Crippen molar-refractivity contribution in [2.45, 2.75) is 19.9 Å². The Morgan fingerprint density at radius 2 is 2.21 bits per heavy atom. The van der Waals surface area contributed by atoms with Gasteiger partial charge in [-0.3, -0.25) is 0 Å². The molecule has 19 heavy (non-hydrogen) atoms. The van der Waals surface area contributed by atoms with Gasteiger partial charge in [-0.1, -0.05) is 26.0 Å². The topological polar surface area (TPSA) is 59.3 Å². The summed E-state index contributed by atoms with van der Waals surface area (Å²) in [4.78, 5) is 2.17. The summed E-state index contributed by atoms with van der Waals surface area (Å²) in [6.07, 6.45) is 0. The van der Waals surface area contributed by atoms with Crippen LogP contribution in [-0.4, -0.2) is 37.4 Å². The molecule has 1 aliphatic rings. The minimum absolute atomic E-state index is 0.0104. The number of nitrogens with zero attached hydrogens (tertiary/aromatic N) is 2. The van der Waals surface area contributed by atoms with Crippen molar-refractivity contribution in [1.82, 2.24) is 5.32 Å². The number of hydrogen-bond acceptors (Lipinski definition) is 4. The van der Waals surface area contributed by atoms with Crippen LogP contribution >= 0.6 is 0 Å². The number of anilines is 1. The van der Waals surface area contributed by atoms with Gasteiger partial charge in [0.1, 0.15) is 6.07 Å². The average Bonchev–Trinajstić information content (AvgIpc) is 2.56. The third-order valence-corrected chi connectivity index (χ3v) is 3.57. The lowest BCUT2D eigenvalue weighted by Crippen LogP contribution is -2.44. The van der Waals surface area contributed by atoms with Gasteiger partial charge in [-0.05, 0) is 17.5 Å². The van der Waals surface area contributed by atoms with Gasteiger partial charge in [0.25, 0.3) is 0 Å². The molecule has 0 bridgehead atoms. The highest BCUT2D eigenvalue weighted by Gasteiger charge is 2.31. The second-order valence-electron chi connectivity index (χ2n) is 5.89. The molecule has 2 rings (SSSR count). The molecule has 1 aromatic rings. The van der Waals surface area contributed by atoms with Gasteiger partial charge in [0, 0.05) is 19.6 Å². The van der Waals surface area contributed by atoms with Gasteiger partial charge in [0.15, 0.2) is 0 Å². The van der Waals surface area contributed by atoms with Crippen molar-refractivity contribution in [1.29, 1.82) is 5.26 Å². The number of nitrogens with one attached hydrogen (secondary N) is 1. The summed E-state index contributed by atoms with van der Waals surface area (Å²) in [6, 6.07) is 9.85. The molecule has 0 aliphatic carbocycles. The Hall–Kier alpha value is -1.57. The van der Waals surface area contributed by atoms with Gasteiger partial charge in [-0.2, -0.15) is 5.26 Å². The van der Waals surface area contributed by atoms with Crippen molar-refractivity contribution >= 4 is 5.69 Å². The molecule has 4 heteroatoms. The number of nitriles is 1. The van der Waals surface area contributed by atoms with Gasteiger partial charge >= 0.3 is 0 Å². The summed E-state index contributed by atoms with van der Waals surface area (Å²) < 4.78 is 0. The van der Waals surface area contributed by atoms with E-state index in [0.717, 1.165) is 25.3 Å². The Balaban J connectivity index is 2.40. The molecule has 1 atom stereocenters. The highest BCUT2D eigenvalue weighted by molar-refractivity contribution is 5.60. The maximum Gasteiger partial charge on any atom is 0.101 e. The quantitative estimate of drug-likeness (QED) is 0.842. The molecule has 0 radical (unpaired) electrons. The van der Waals surface area contributed by atoms with E-state index < -0.39 is 0 Å². The molecule has 0 saturated carbocycles. The zero-order valence-electron chi connectivity index (χ0n) is 11.6. The van der Waals surface area contributed by atoms with Gasteiger partial charge in [0.2, 0.25) is 0 Å². The van der Waals surface area contributed by atoms with Crippen molar-refractivity contribution in [3.8, 4) is 6.07 Å². The van der Waals surface area contributed by atoms with Crippen LogP contribution in [0.25, 0.3) is 0 Å². The van der Waals surface area contributed by atoms with Crippen molar-refractivity contribution < 1.29 is 5.11 Å². The first-order valence-electron chi connectivity index (χ1n) is 6.65. The fourth-order valence-electron chi connectivity index (χ4n) is 2.60. The second-order valence-corrected chi connectivity index (χ2v) is 5.89. The molecule has 1 unspecified atom stereocenters. The second kappa shape index (κ2) is 5.60. The van der Waals surface area contributed by atoms with Gasteiger partial charge < -0.3 is 15.3 Å². The van der Waals surface area contributed by atoms with Gasteiger partial charge in [0.05, 0.1) is 23.9 Å². The summed E-state index contributed by atoms with van der Waals surface area (Å²) in [5.74, 6) is 0. The Morgan fingerprint density at radius 3 is 2.89 bits per heavy atom. The van der Waals surface area contributed by atoms with Crippen LogP contribution in [0.2, 0.25) is 0 Å². The highest BCUT2D eigenvalue weighted by atomic mass is 16.3. The lowest BCUT2D eigenvalue weighted by Gasteiger charge is -2.35. The van der Waals surface area contributed by atoms with Crippen LogP contribution in [0.5, 0.6) is 0 Å². The van der Waals surface area contributed by atoms with E-state index in [0.29, 0.717) is 5.56 Å². The molecule has 1 heterocycles. The monoisotopic (exact) mass is 259 g/mol. The van der Waals surface area contributed by atoms with Crippen LogP contribution in [0.1, 0.15) is 19.4 Å². The molecular weight excluding hydrogens is 238 g/mol. The molecular formula is C15H21N3O. The number of rotatable bonds is 2. The van der Waals surface area contributed by atoms with E-state index in [4.69, 9.17) is 0 Å². The van der Waals surface area contributed by atoms with Crippen molar-refractivity contribution in [3.05, 3.63) is 29.8 Å². The van der Waals surface area contributed by atoms with E-state index in [1.165, 1.54) is 0 Å². The third-order valence-electron chi connectivity index (χ3n) is 3.57. The fourth-order valence-corrected chi connectivity index (χ4v) is 2.60. The van der Waals surface area contributed by atoms with Crippen LogP contribution in [0.15, 0.2) is 24.3 Å². The molecule has 1 aliphatic heterocycles. The van der Waals surface area contributed by atoms with Crippen LogP contribution in [0.4, 0.5) is 5.69 Å². The number of hydrogen-bond donors (Lipinski definition) is 2. The number of aliphatic hydroxyl groups is 1. The normalized spacial score (nSPS) is 22.6. The van der Waals surface area contributed by atoms with E-state index >= 15 is 0 Å². The molecule has 2 N–H and O–H groups in total. The minimum atomic E-state index is 0.0104. The first-order chi connectivity index (χ1) is 9.07. The Morgan fingerprint density at radius 1 is 1.47 bits per heavy atom. The van der Waals surface area contributed by atoms with E-state index in [9.17, 15) is 10.4 Å². The van der Waals surface area contributed by atoms with Crippen molar-refractivity contribution in [3.63, 3.8) is 0 Å². The summed E-state index contributed by atoms with van der Waals surface area (Å²) >= 11 is 0. The lowest BCUT2D eigenvalue weighted by atomic mass is 9.92.